The van der Waals surface area contributed by atoms with Crippen molar-refractivity contribution in [2.45, 2.75) is 13.0 Å². The number of halogens is 2. The number of amides is 1. The Balaban J connectivity index is 2.00. The molecule has 2 aromatic carbocycles. The molecule has 0 aliphatic rings. The van der Waals surface area contributed by atoms with Crippen molar-refractivity contribution in [2.24, 2.45) is 0 Å². The van der Waals surface area contributed by atoms with Gasteiger partial charge in [-0.3, -0.25) is 9.10 Å². The third kappa shape index (κ3) is 6.02. The van der Waals surface area contributed by atoms with E-state index in [1.807, 2.05) is 0 Å². The fraction of sp³-hybridized carbons (Fsp3) is 0.278. The molecule has 6 nitrogen and oxygen atoms in total. The maximum Gasteiger partial charge on any atom is 0.243 e. The number of carbonyl (C=O) groups excluding carboxylic acids is 1. The van der Waals surface area contributed by atoms with Gasteiger partial charge in [0.2, 0.25) is 15.9 Å². The Bertz CT molecular complexity index is 906. The third-order valence-electron chi connectivity index (χ3n) is 3.65. The summed E-state index contributed by atoms with van der Waals surface area (Å²) in [4.78, 5) is 12.4. The molecule has 27 heavy (non-hydrogen) atoms. The molecule has 0 fully saturated rings. The molecule has 1 atom stereocenters. The van der Waals surface area contributed by atoms with E-state index in [1.54, 1.807) is 42.5 Å². The van der Waals surface area contributed by atoms with Crippen LogP contribution in [0.2, 0.25) is 10.0 Å². The van der Waals surface area contributed by atoms with Crippen molar-refractivity contribution in [3.8, 4) is 5.75 Å². The van der Waals surface area contributed by atoms with Gasteiger partial charge in [0.25, 0.3) is 0 Å². The van der Waals surface area contributed by atoms with Crippen LogP contribution < -0.4 is 14.4 Å². The number of nitrogens with zero attached hydrogens (tertiary/aromatic N) is 1. The average molecular weight is 431 g/mol. The van der Waals surface area contributed by atoms with Crippen LogP contribution in [0.25, 0.3) is 0 Å². The van der Waals surface area contributed by atoms with Gasteiger partial charge in [0.1, 0.15) is 18.4 Å². The van der Waals surface area contributed by atoms with E-state index in [-0.39, 0.29) is 13.2 Å². The number of ether oxygens (including phenoxy) is 1. The molecule has 0 spiro atoms. The van der Waals surface area contributed by atoms with Gasteiger partial charge >= 0.3 is 0 Å². The first-order chi connectivity index (χ1) is 12.7. The molecule has 0 aliphatic heterocycles. The van der Waals surface area contributed by atoms with Gasteiger partial charge in [0.15, 0.2) is 0 Å². The molecule has 2 aromatic rings. The van der Waals surface area contributed by atoms with E-state index in [2.05, 4.69) is 5.32 Å². The topological polar surface area (TPSA) is 75.7 Å². The minimum Gasteiger partial charge on any atom is -0.490 e. The molecule has 2 rings (SSSR count). The summed E-state index contributed by atoms with van der Waals surface area (Å²) in [7, 11) is -3.69. The summed E-state index contributed by atoms with van der Waals surface area (Å²) >= 11 is 11.9. The van der Waals surface area contributed by atoms with Crippen molar-refractivity contribution >= 4 is 44.8 Å². The second kappa shape index (κ2) is 9.30. The first-order valence-corrected chi connectivity index (χ1v) is 10.7. The van der Waals surface area contributed by atoms with Gasteiger partial charge in [-0.1, -0.05) is 41.4 Å². The Morgan fingerprint density at radius 1 is 1.19 bits per heavy atom. The molecule has 1 amide bonds. The summed E-state index contributed by atoms with van der Waals surface area (Å²) in [6.45, 7) is 1.89. The smallest absolute Gasteiger partial charge is 0.243 e. The molecule has 0 aromatic heterocycles. The summed E-state index contributed by atoms with van der Waals surface area (Å²) in [6, 6.07) is 12.4. The van der Waals surface area contributed by atoms with Crippen molar-refractivity contribution in [3.63, 3.8) is 0 Å². The minimum atomic E-state index is -3.69. The molecule has 146 valence electrons. The number of nitrogens with one attached hydrogen (secondary N) is 1. The predicted octanol–water partition coefficient (Wildman–Crippen LogP) is 3.34. The van der Waals surface area contributed by atoms with Gasteiger partial charge in [-0.2, -0.15) is 0 Å². The molecule has 0 unspecified atom stereocenters. The molecule has 0 saturated heterocycles. The standard InChI is InChI=1S/C18H20Cl2N2O4S/c1-13(22(27(2,24)25)15-7-5-6-14(19)12-15)18(23)21-10-11-26-17-9-4-3-8-16(17)20/h3-9,12-13H,10-11H2,1-2H3,(H,21,23)/t13-/m0/s1. The Morgan fingerprint density at radius 2 is 1.89 bits per heavy atom. The van der Waals surface area contributed by atoms with Gasteiger partial charge in [0.05, 0.1) is 23.5 Å². The van der Waals surface area contributed by atoms with Crippen LogP contribution in [0.3, 0.4) is 0 Å². The van der Waals surface area contributed by atoms with E-state index in [4.69, 9.17) is 27.9 Å². The number of hydrogen-bond acceptors (Lipinski definition) is 4. The van der Waals surface area contributed by atoms with Gasteiger partial charge < -0.3 is 10.1 Å². The van der Waals surface area contributed by atoms with E-state index >= 15 is 0 Å². The summed E-state index contributed by atoms with van der Waals surface area (Å²) < 4.78 is 30.9. The molecular formula is C18H20Cl2N2O4S. The predicted molar refractivity (Wildman–Crippen MR) is 108 cm³/mol. The van der Waals surface area contributed by atoms with Gasteiger partial charge in [0, 0.05) is 5.02 Å². The monoisotopic (exact) mass is 430 g/mol. The largest absolute Gasteiger partial charge is 0.490 e. The number of rotatable bonds is 8. The normalized spacial score (nSPS) is 12.3. The van der Waals surface area contributed by atoms with Crippen molar-refractivity contribution < 1.29 is 17.9 Å². The second-order valence-corrected chi connectivity index (χ2v) is 8.49. The molecule has 0 heterocycles. The average Bonchev–Trinajstić information content (AvgIpc) is 2.59. The molecule has 9 heteroatoms. The first kappa shape index (κ1) is 21.3. The zero-order valence-electron chi connectivity index (χ0n) is 14.9. The van der Waals surface area contributed by atoms with Gasteiger partial charge in [-0.15, -0.1) is 0 Å². The summed E-state index contributed by atoms with van der Waals surface area (Å²) in [6.07, 6.45) is 1.04. The zero-order chi connectivity index (χ0) is 20.0. The molecular weight excluding hydrogens is 411 g/mol. The van der Waals surface area contributed by atoms with Crippen molar-refractivity contribution in [1.82, 2.24) is 5.32 Å². The SMILES string of the molecule is C[C@@H](C(=O)NCCOc1ccccc1Cl)N(c1cccc(Cl)c1)S(C)(=O)=O. The van der Waals surface area contributed by atoms with Crippen LogP contribution in [-0.2, 0) is 14.8 Å². The zero-order valence-corrected chi connectivity index (χ0v) is 17.2. The lowest BCUT2D eigenvalue weighted by Gasteiger charge is -2.28. The lowest BCUT2D eigenvalue weighted by Crippen LogP contribution is -2.48. The summed E-state index contributed by atoms with van der Waals surface area (Å²) in [5.74, 6) is 0.0568. The summed E-state index contributed by atoms with van der Waals surface area (Å²) in [5.41, 5.74) is 0.319. The van der Waals surface area contributed by atoms with Crippen LogP contribution in [0.5, 0.6) is 5.75 Å². The molecule has 0 saturated carbocycles. The number of anilines is 1. The van der Waals surface area contributed by atoms with Crippen LogP contribution in [-0.4, -0.2) is 39.8 Å². The number of benzene rings is 2. The highest BCUT2D eigenvalue weighted by atomic mass is 35.5. The number of hydrogen-bond donors (Lipinski definition) is 1. The Labute approximate surface area is 169 Å². The maximum atomic E-state index is 12.4. The molecule has 0 bridgehead atoms. The minimum absolute atomic E-state index is 0.193. The van der Waals surface area contributed by atoms with E-state index in [0.29, 0.717) is 21.5 Å². The molecule has 1 N–H and O–H groups in total. The molecule has 0 aliphatic carbocycles. The van der Waals surface area contributed by atoms with Crippen molar-refractivity contribution in [2.75, 3.05) is 23.7 Å². The number of sulfonamides is 1. The lowest BCUT2D eigenvalue weighted by molar-refractivity contribution is -0.121. The number of carbonyl (C=O) groups is 1. The van der Waals surface area contributed by atoms with Gasteiger partial charge in [-0.25, -0.2) is 8.42 Å². The summed E-state index contributed by atoms with van der Waals surface area (Å²) in [5, 5.41) is 3.51. The van der Waals surface area contributed by atoms with Gasteiger partial charge in [-0.05, 0) is 37.3 Å². The highest BCUT2D eigenvalue weighted by molar-refractivity contribution is 7.92. The van der Waals surface area contributed by atoms with E-state index in [1.165, 1.54) is 13.0 Å². The quantitative estimate of drug-likeness (QED) is 0.651. The highest BCUT2D eigenvalue weighted by Gasteiger charge is 2.29. The highest BCUT2D eigenvalue weighted by Crippen LogP contribution is 2.24. The fourth-order valence-corrected chi connectivity index (χ4v) is 4.01. The van der Waals surface area contributed by atoms with Crippen LogP contribution in [0.15, 0.2) is 48.5 Å². The van der Waals surface area contributed by atoms with E-state index in [0.717, 1.165) is 10.6 Å². The number of para-hydroxylation sites is 1. The molecule has 0 radical (unpaired) electrons. The lowest BCUT2D eigenvalue weighted by atomic mass is 10.2. The third-order valence-corrected chi connectivity index (χ3v) is 5.44. The Morgan fingerprint density at radius 3 is 2.52 bits per heavy atom. The Hall–Kier alpha value is -1.96. The second-order valence-electron chi connectivity index (χ2n) is 5.78. The van der Waals surface area contributed by atoms with Crippen molar-refractivity contribution in [3.05, 3.63) is 58.6 Å². The Kier molecular flexibility index (Phi) is 7.35. The first-order valence-electron chi connectivity index (χ1n) is 8.10. The van der Waals surface area contributed by atoms with E-state index < -0.39 is 22.0 Å². The van der Waals surface area contributed by atoms with Crippen molar-refractivity contribution in [1.29, 1.82) is 0 Å². The van der Waals surface area contributed by atoms with Crippen LogP contribution >= 0.6 is 23.2 Å². The van der Waals surface area contributed by atoms with Crippen LogP contribution in [0, 0.1) is 0 Å². The maximum absolute atomic E-state index is 12.4. The fourth-order valence-electron chi connectivity index (χ4n) is 2.47. The van der Waals surface area contributed by atoms with Crippen LogP contribution in [0.4, 0.5) is 5.69 Å². The van der Waals surface area contributed by atoms with E-state index in [9.17, 15) is 13.2 Å². The van der Waals surface area contributed by atoms with Crippen LogP contribution in [0.1, 0.15) is 6.92 Å².